The van der Waals surface area contributed by atoms with Crippen LogP contribution in [0.5, 0.6) is 0 Å². The fourth-order valence-electron chi connectivity index (χ4n) is 1.71. The minimum Gasteiger partial charge on any atom is -0.258 e. The maximum Gasteiger partial charge on any atom is 0.285 e. The van der Waals surface area contributed by atoms with Gasteiger partial charge in [0.2, 0.25) is 0 Å². The molecule has 0 aromatic heterocycles. The van der Waals surface area contributed by atoms with Crippen LogP contribution in [-0.2, 0) is 0 Å². The first-order valence-electron chi connectivity index (χ1n) is 4.37. The van der Waals surface area contributed by atoms with E-state index in [0.29, 0.717) is 11.3 Å². The van der Waals surface area contributed by atoms with Crippen LogP contribution in [0.2, 0.25) is 0 Å². The second kappa shape index (κ2) is 3.27. The number of allylic oxidation sites excluding steroid dienone is 3. The van der Waals surface area contributed by atoms with E-state index >= 15 is 0 Å². The summed E-state index contributed by atoms with van der Waals surface area (Å²) in [7, 11) is 0. The highest BCUT2D eigenvalue weighted by molar-refractivity contribution is 6.35. The van der Waals surface area contributed by atoms with Gasteiger partial charge in [0.05, 0.1) is 16.6 Å². The van der Waals surface area contributed by atoms with Crippen molar-refractivity contribution in [3.8, 4) is 0 Å². The van der Waals surface area contributed by atoms with E-state index in [1.807, 2.05) is 0 Å². The molecule has 0 aromatic rings. The van der Waals surface area contributed by atoms with Gasteiger partial charge in [0.15, 0.2) is 0 Å². The molecule has 78 valence electrons. The van der Waals surface area contributed by atoms with Crippen molar-refractivity contribution in [2.75, 3.05) is 0 Å². The van der Waals surface area contributed by atoms with Gasteiger partial charge in [-0.1, -0.05) is 11.6 Å². The molecular formula is C9H8ClN3O2. The normalized spacial score (nSPS) is 24.5. The molecule has 5 nitrogen and oxygen atoms in total. The summed E-state index contributed by atoms with van der Waals surface area (Å²) in [6, 6.07) is 0. The van der Waals surface area contributed by atoms with Crippen LogP contribution in [0.4, 0.5) is 0 Å². The molecule has 0 amide bonds. The van der Waals surface area contributed by atoms with E-state index in [2.05, 4.69) is 10.2 Å². The van der Waals surface area contributed by atoms with E-state index in [4.69, 9.17) is 11.6 Å². The van der Waals surface area contributed by atoms with Crippen molar-refractivity contribution in [2.24, 2.45) is 16.1 Å². The minimum atomic E-state index is -0.478. The Kier molecular flexibility index (Phi) is 2.19. The van der Waals surface area contributed by atoms with Crippen LogP contribution in [0.15, 0.2) is 32.6 Å². The van der Waals surface area contributed by atoms with E-state index in [1.54, 1.807) is 13.8 Å². The predicted octanol–water partition coefficient (Wildman–Crippen LogP) is 2.12. The SMILES string of the molecule is CC1=NN=C(C)C2C=C([N+](=O)[O-])C(Cl)=C12. The lowest BCUT2D eigenvalue weighted by Crippen LogP contribution is -2.18. The molecule has 0 saturated carbocycles. The zero-order chi connectivity index (χ0) is 11.2. The molecule has 0 spiro atoms. The number of halogens is 1. The molecule has 2 rings (SSSR count). The maximum absolute atomic E-state index is 10.7. The third-order valence-electron chi connectivity index (χ3n) is 2.49. The maximum atomic E-state index is 10.7. The molecule has 2 aliphatic rings. The van der Waals surface area contributed by atoms with Crippen molar-refractivity contribution in [2.45, 2.75) is 13.8 Å². The third kappa shape index (κ3) is 1.39. The lowest BCUT2D eigenvalue weighted by atomic mass is 9.94. The number of fused-ring (bicyclic) bond motifs is 1. The van der Waals surface area contributed by atoms with Gasteiger partial charge in [-0.2, -0.15) is 10.2 Å². The topological polar surface area (TPSA) is 67.9 Å². The van der Waals surface area contributed by atoms with Crippen LogP contribution in [0.25, 0.3) is 0 Å². The molecule has 1 heterocycles. The van der Waals surface area contributed by atoms with Gasteiger partial charge in [0.25, 0.3) is 5.70 Å². The summed E-state index contributed by atoms with van der Waals surface area (Å²) in [4.78, 5) is 10.2. The second-order valence-corrected chi connectivity index (χ2v) is 3.82. The molecule has 0 aromatic carbocycles. The van der Waals surface area contributed by atoms with Crippen molar-refractivity contribution >= 4 is 23.0 Å². The Morgan fingerprint density at radius 1 is 1.47 bits per heavy atom. The molecule has 0 bridgehead atoms. The van der Waals surface area contributed by atoms with Crippen LogP contribution < -0.4 is 0 Å². The van der Waals surface area contributed by atoms with Crippen molar-refractivity contribution in [3.05, 3.63) is 32.5 Å². The Hall–Kier alpha value is -1.49. The smallest absolute Gasteiger partial charge is 0.258 e. The Morgan fingerprint density at radius 3 is 2.67 bits per heavy atom. The Balaban J connectivity index is 2.57. The van der Waals surface area contributed by atoms with Crippen molar-refractivity contribution < 1.29 is 4.92 Å². The van der Waals surface area contributed by atoms with E-state index in [1.165, 1.54) is 6.08 Å². The van der Waals surface area contributed by atoms with Crippen molar-refractivity contribution in [3.63, 3.8) is 0 Å². The number of nitrogens with zero attached hydrogens (tertiary/aromatic N) is 3. The van der Waals surface area contributed by atoms with Crippen molar-refractivity contribution in [1.82, 2.24) is 0 Å². The van der Waals surface area contributed by atoms with Gasteiger partial charge in [0, 0.05) is 17.4 Å². The number of hydrogen-bond acceptors (Lipinski definition) is 4. The van der Waals surface area contributed by atoms with Gasteiger partial charge >= 0.3 is 0 Å². The van der Waals surface area contributed by atoms with Gasteiger partial charge in [-0.25, -0.2) is 0 Å². The van der Waals surface area contributed by atoms with Gasteiger partial charge in [-0.3, -0.25) is 10.1 Å². The van der Waals surface area contributed by atoms with E-state index in [9.17, 15) is 10.1 Å². The Bertz CT molecular complexity index is 474. The molecule has 1 aliphatic heterocycles. The van der Waals surface area contributed by atoms with E-state index in [0.717, 1.165) is 5.71 Å². The van der Waals surface area contributed by atoms with Crippen molar-refractivity contribution in [1.29, 1.82) is 0 Å². The second-order valence-electron chi connectivity index (χ2n) is 3.44. The summed E-state index contributed by atoms with van der Waals surface area (Å²) in [6.45, 7) is 3.53. The lowest BCUT2D eigenvalue weighted by Gasteiger charge is -2.15. The molecule has 6 heteroatoms. The molecule has 0 fully saturated rings. The van der Waals surface area contributed by atoms with Crippen LogP contribution >= 0.6 is 11.6 Å². The van der Waals surface area contributed by atoms with Crippen LogP contribution in [0.1, 0.15) is 13.8 Å². The largest absolute Gasteiger partial charge is 0.285 e. The molecule has 0 N–H and O–H groups in total. The van der Waals surface area contributed by atoms with Gasteiger partial charge < -0.3 is 0 Å². The molecule has 1 atom stereocenters. The Labute approximate surface area is 91.0 Å². The van der Waals surface area contributed by atoms with E-state index < -0.39 is 4.92 Å². The van der Waals surface area contributed by atoms with Gasteiger partial charge in [0.1, 0.15) is 5.03 Å². The Morgan fingerprint density at radius 2 is 2.13 bits per heavy atom. The summed E-state index contributed by atoms with van der Waals surface area (Å²) >= 11 is 5.94. The predicted molar refractivity (Wildman–Crippen MR) is 57.7 cm³/mol. The molecule has 1 aliphatic carbocycles. The highest BCUT2D eigenvalue weighted by atomic mass is 35.5. The lowest BCUT2D eigenvalue weighted by molar-refractivity contribution is -0.419. The summed E-state index contributed by atoms with van der Waals surface area (Å²) in [5.74, 6) is -0.185. The first-order valence-corrected chi connectivity index (χ1v) is 4.75. The fraction of sp³-hybridized carbons (Fsp3) is 0.333. The first kappa shape index (κ1) is 10.0. The average molecular weight is 226 g/mol. The number of hydrogen-bond donors (Lipinski definition) is 0. The fourth-order valence-corrected chi connectivity index (χ4v) is 2.10. The molecule has 0 radical (unpaired) electrons. The van der Waals surface area contributed by atoms with E-state index in [-0.39, 0.29) is 16.6 Å². The number of nitro groups is 1. The highest BCUT2D eigenvalue weighted by Gasteiger charge is 2.36. The number of rotatable bonds is 1. The highest BCUT2D eigenvalue weighted by Crippen LogP contribution is 2.37. The van der Waals surface area contributed by atoms with Gasteiger partial charge in [-0.15, -0.1) is 0 Å². The summed E-state index contributed by atoms with van der Waals surface area (Å²) in [5.41, 5.74) is 2.02. The van der Waals surface area contributed by atoms with Crippen LogP contribution in [-0.4, -0.2) is 16.3 Å². The van der Waals surface area contributed by atoms with Gasteiger partial charge in [-0.05, 0) is 13.8 Å². The van der Waals surface area contributed by atoms with Crippen LogP contribution in [0, 0.1) is 16.0 Å². The molecule has 1 unspecified atom stereocenters. The zero-order valence-electron chi connectivity index (χ0n) is 8.19. The summed E-state index contributed by atoms with van der Waals surface area (Å²) in [5, 5.41) is 18.7. The molecular weight excluding hydrogens is 218 g/mol. The molecule has 0 saturated heterocycles. The summed E-state index contributed by atoms with van der Waals surface area (Å²) in [6.07, 6.45) is 1.52. The zero-order valence-corrected chi connectivity index (χ0v) is 8.95. The first-order chi connectivity index (χ1) is 7.02. The minimum absolute atomic E-state index is 0.0531. The summed E-state index contributed by atoms with van der Waals surface area (Å²) < 4.78 is 0. The standard InChI is InChI=1S/C9H8ClN3O2/c1-4-6-3-7(13(14)15)9(10)8(6)5(2)12-11-4/h3,6H,1-2H3. The quantitative estimate of drug-likeness (QED) is 0.507. The monoisotopic (exact) mass is 225 g/mol. The third-order valence-corrected chi connectivity index (χ3v) is 2.89. The molecule has 15 heavy (non-hydrogen) atoms. The average Bonchev–Trinajstić information content (AvgIpc) is 2.51. The van der Waals surface area contributed by atoms with Crippen LogP contribution in [0.3, 0.4) is 0 Å².